The fourth-order valence-corrected chi connectivity index (χ4v) is 4.30. The van der Waals surface area contributed by atoms with Crippen LogP contribution in [0.2, 0.25) is 0 Å². The molecule has 0 spiro atoms. The molecule has 22 heavy (non-hydrogen) atoms. The molecule has 0 saturated carbocycles. The molecule has 3 aromatic rings. The number of thioether (sulfide) groups is 1. The molecule has 6 nitrogen and oxygen atoms in total. The maximum absolute atomic E-state index is 12.1. The molecule has 0 aliphatic rings. The van der Waals surface area contributed by atoms with Gasteiger partial charge in [-0.2, -0.15) is 0 Å². The summed E-state index contributed by atoms with van der Waals surface area (Å²) in [5, 5.41) is 14.6. The van der Waals surface area contributed by atoms with Crippen molar-refractivity contribution >= 4 is 67.1 Å². The summed E-state index contributed by atoms with van der Waals surface area (Å²) in [4.78, 5) is 13.0. The van der Waals surface area contributed by atoms with Crippen LogP contribution in [0.1, 0.15) is 10.5 Å². The molecule has 0 aromatic carbocycles. The second-order valence-electron chi connectivity index (χ2n) is 3.80. The molecule has 11 heteroatoms. The van der Waals surface area contributed by atoms with E-state index in [0.29, 0.717) is 10.9 Å². The van der Waals surface area contributed by atoms with Crippen molar-refractivity contribution in [3.8, 4) is 10.6 Å². The highest BCUT2D eigenvalue weighted by atomic mass is 35.7. The van der Waals surface area contributed by atoms with Crippen molar-refractivity contribution in [2.45, 2.75) is 8.55 Å². The average molecular weight is 391 g/mol. The lowest BCUT2D eigenvalue weighted by Crippen LogP contribution is -2.11. The number of hydrogen-bond acceptors (Lipinski definition) is 9. The van der Waals surface area contributed by atoms with Crippen molar-refractivity contribution < 1.29 is 9.32 Å². The number of halogens is 1. The lowest BCUT2D eigenvalue weighted by Gasteiger charge is -1.94. The number of carbonyl (C=O) groups excluding carboxylic acids is 1. The maximum Gasteiger partial charge on any atom is 0.279 e. The minimum Gasteiger partial charge on any atom is -0.355 e. The largest absolute Gasteiger partial charge is 0.355 e. The summed E-state index contributed by atoms with van der Waals surface area (Å²) in [5.41, 5.74) is 0.185. The second kappa shape index (κ2) is 7.01. The van der Waals surface area contributed by atoms with Gasteiger partial charge in [0.25, 0.3) is 5.91 Å². The summed E-state index contributed by atoms with van der Waals surface area (Å²) in [6.45, 7) is 0. The van der Waals surface area contributed by atoms with Crippen LogP contribution in [0.25, 0.3) is 10.6 Å². The molecule has 3 aromatic heterocycles. The first kappa shape index (κ1) is 15.8. The van der Waals surface area contributed by atoms with E-state index >= 15 is 0 Å². The normalized spacial score (nSPS) is 10.8. The Balaban J connectivity index is 1.73. The van der Waals surface area contributed by atoms with Gasteiger partial charge in [-0.3, -0.25) is 10.1 Å². The lowest BCUT2D eigenvalue weighted by molar-refractivity contribution is 0.101. The Bertz CT molecular complexity index is 799. The van der Waals surface area contributed by atoms with Crippen LogP contribution in [0.4, 0.5) is 5.13 Å². The Morgan fingerprint density at radius 1 is 1.36 bits per heavy atom. The van der Waals surface area contributed by atoms with E-state index in [1.165, 1.54) is 34.4 Å². The topological polar surface area (TPSA) is 80.9 Å². The molecular formula is C11H7ClN4O2S4. The Morgan fingerprint density at radius 3 is 2.91 bits per heavy atom. The van der Waals surface area contributed by atoms with Gasteiger partial charge in [0.2, 0.25) is 5.13 Å². The zero-order chi connectivity index (χ0) is 15.5. The number of anilines is 1. The van der Waals surface area contributed by atoms with Gasteiger partial charge in [-0.05, 0) is 40.0 Å². The summed E-state index contributed by atoms with van der Waals surface area (Å²) in [6, 6.07) is 5.33. The van der Waals surface area contributed by atoms with E-state index in [1.807, 2.05) is 18.4 Å². The van der Waals surface area contributed by atoms with Gasteiger partial charge in [0, 0.05) is 6.07 Å². The maximum atomic E-state index is 12.1. The van der Waals surface area contributed by atoms with Crippen LogP contribution < -0.4 is 5.32 Å². The molecule has 0 atom stereocenters. The molecule has 0 aliphatic carbocycles. The Kier molecular flexibility index (Phi) is 5.03. The highest BCUT2D eigenvalue weighted by Gasteiger charge is 2.16. The highest BCUT2D eigenvalue weighted by molar-refractivity contribution is 8.22. The van der Waals surface area contributed by atoms with E-state index in [0.717, 1.165) is 24.4 Å². The van der Waals surface area contributed by atoms with Gasteiger partial charge in [-0.15, -0.1) is 21.5 Å². The molecule has 0 aliphatic heterocycles. The standard InChI is InChI=1S/C11H7ClN4O2S4/c1-19-11-15-14-10(21-11)13-9(17)5-4-6(18-16-5)7-2-3-8(20-7)22-12/h2-4H,1H3,(H,13,14,17). The number of carbonyl (C=O) groups is 1. The molecule has 0 unspecified atom stereocenters. The fraction of sp³-hybridized carbons (Fsp3) is 0.0909. The average Bonchev–Trinajstić information content (AvgIpc) is 3.26. The van der Waals surface area contributed by atoms with Crippen molar-refractivity contribution in [3.05, 3.63) is 23.9 Å². The van der Waals surface area contributed by atoms with Crippen molar-refractivity contribution in [2.75, 3.05) is 11.6 Å². The van der Waals surface area contributed by atoms with E-state index < -0.39 is 0 Å². The Morgan fingerprint density at radius 2 is 2.23 bits per heavy atom. The van der Waals surface area contributed by atoms with Crippen molar-refractivity contribution in [1.82, 2.24) is 15.4 Å². The number of amides is 1. The minimum absolute atomic E-state index is 0.185. The SMILES string of the molecule is CSc1nnc(NC(=O)c2cc(-c3ccc(SCl)s3)on2)s1. The molecule has 3 rings (SSSR count). The lowest BCUT2D eigenvalue weighted by atomic mass is 10.3. The number of rotatable bonds is 5. The van der Waals surface area contributed by atoms with Gasteiger partial charge in [-0.25, -0.2) is 0 Å². The van der Waals surface area contributed by atoms with Gasteiger partial charge in [0.1, 0.15) is 0 Å². The highest BCUT2D eigenvalue weighted by Crippen LogP contribution is 2.35. The van der Waals surface area contributed by atoms with Gasteiger partial charge in [-0.1, -0.05) is 28.3 Å². The zero-order valence-corrected chi connectivity index (χ0v) is 14.9. The quantitative estimate of drug-likeness (QED) is 0.508. The predicted octanol–water partition coefficient (Wildman–Crippen LogP) is 4.47. The Labute approximate surface area is 146 Å². The molecule has 1 N–H and O–H groups in total. The number of nitrogens with one attached hydrogen (secondary N) is 1. The Hall–Kier alpha value is -1.07. The molecule has 1 amide bonds. The summed E-state index contributed by atoms with van der Waals surface area (Å²) in [7, 11) is 6.83. The van der Waals surface area contributed by atoms with Gasteiger partial charge in [0.15, 0.2) is 15.8 Å². The van der Waals surface area contributed by atoms with E-state index in [-0.39, 0.29) is 11.6 Å². The van der Waals surface area contributed by atoms with Crippen LogP contribution in [0.15, 0.2) is 31.3 Å². The second-order valence-corrected chi connectivity index (χ2v) is 8.23. The predicted molar refractivity (Wildman–Crippen MR) is 91.2 cm³/mol. The minimum atomic E-state index is -0.387. The summed E-state index contributed by atoms with van der Waals surface area (Å²) < 4.78 is 6.92. The van der Waals surface area contributed by atoms with Gasteiger partial charge < -0.3 is 4.52 Å². The van der Waals surface area contributed by atoms with Crippen LogP contribution in [0, 0.1) is 0 Å². The van der Waals surface area contributed by atoms with E-state index in [9.17, 15) is 4.79 Å². The first-order valence-electron chi connectivity index (χ1n) is 5.74. The molecule has 114 valence electrons. The van der Waals surface area contributed by atoms with Crippen LogP contribution in [0.3, 0.4) is 0 Å². The first-order chi connectivity index (χ1) is 10.7. The van der Waals surface area contributed by atoms with Gasteiger partial charge >= 0.3 is 0 Å². The monoisotopic (exact) mass is 390 g/mol. The van der Waals surface area contributed by atoms with Crippen LogP contribution in [0.5, 0.6) is 0 Å². The number of hydrogen-bond donors (Lipinski definition) is 1. The summed E-state index contributed by atoms with van der Waals surface area (Å²) in [6.07, 6.45) is 1.89. The molecule has 0 bridgehead atoms. The summed E-state index contributed by atoms with van der Waals surface area (Å²) in [5.74, 6) is 0.136. The molecule has 0 saturated heterocycles. The van der Waals surface area contributed by atoms with Crippen molar-refractivity contribution in [2.24, 2.45) is 0 Å². The summed E-state index contributed by atoms with van der Waals surface area (Å²) >= 11 is 4.23. The van der Waals surface area contributed by atoms with Gasteiger partial charge in [0.05, 0.1) is 9.09 Å². The number of thiophene rings is 1. The molecule has 3 heterocycles. The third kappa shape index (κ3) is 3.46. The van der Waals surface area contributed by atoms with Crippen LogP contribution in [-0.4, -0.2) is 27.5 Å². The van der Waals surface area contributed by atoms with Crippen LogP contribution >= 0.6 is 56.1 Å². The third-order valence-corrected chi connectivity index (χ3v) is 6.71. The van der Waals surface area contributed by atoms with Crippen molar-refractivity contribution in [3.63, 3.8) is 0 Å². The zero-order valence-electron chi connectivity index (χ0n) is 10.9. The van der Waals surface area contributed by atoms with E-state index in [4.69, 9.17) is 15.2 Å². The fourth-order valence-electron chi connectivity index (χ4n) is 1.50. The van der Waals surface area contributed by atoms with E-state index in [1.54, 1.807) is 6.07 Å². The number of aromatic nitrogens is 3. The van der Waals surface area contributed by atoms with Crippen LogP contribution in [-0.2, 0) is 0 Å². The number of nitrogens with zero attached hydrogens (tertiary/aromatic N) is 3. The molecule has 0 fully saturated rings. The molecule has 0 radical (unpaired) electrons. The smallest absolute Gasteiger partial charge is 0.279 e. The third-order valence-electron chi connectivity index (χ3n) is 2.44. The molecular weight excluding hydrogens is 384 g/mol. The first-order valence-corrected chi connectivity index (χ1v) is 10.2. The van der Waals surface area contributed by atoms with E-state index in [2.05, 4.69) is 20.7 Å². The van der Waals surface area contributed by atoms with Crippen molar-refractivity contribution in [1.29, 1.82) is 0 Å².